The van der Waals surface area contributed by atoms with Gasteiger partial charge in [-0.2, -0.15) is 0 Å². The highest BCUT2D eigenvalue weighted by atomic mass is 16.4. The summed E-state index contributed by atoms with van der Waals surface area (Å²) in [5.41, 5.74) is 1.23. The fraction of sp³-hybridized carbons (Fsp3) is 0. The van der Waals surface area contributed by atoms with Gasteiger partial charge >= 0.3 is 5.63 Å². The Balaban J connectivity index is 1.60. The van der Waals surface area contributed by atoms with E-state index in [1.54, 1.807) is 42.7 Å². The molecule has 4 rings (SSSR count). The van der Waals surface area contributed by atoms with Crippen molar-refractivity contribution in [3.63, 3.8) is 0 Å². The van der Waals surface area contributed by atoms with E-state index in [-0.39, 0.29) is 5.56 Å². The normalized spacial score (nSPS) is 10.7. The number of hydrogen-bond acceptors (Lipinski definition) is 4. The molecule has 4 aromatic rings. The number of carbonyl (C=O) groups excluding carboxylic acids is 1. The molecule has 0 bridgehead atoms. The van der Waals surface area contributed by atoms with Crippen LogP contribution in [-0.2, 0) is 0 Å². The number of benzene rings is 2. The smallest absolute Gasteiger partial charge is 0.349 e. The van der Waals surface area contributed by atoms with Crippen molar-refractivity contribution in [2.24, 2.45) is 0 Å². The van der Waals surface area contributed by atoms with Gasteiger partial charge < -0.3 is 14.7 Å². The molecule has 2 aromatic heterocycles. The van der Waals surface area contributed by atoms with Gasteiger partial charge in [0.1, 0.15) is 17.0 Å². The molecule has 122 valence electrons. The summed E-state index contributed by atoms with van der Waals surface area (Å²) in [6, 6.07) is 15.8. The maximum absolute atomic E-state index is 12.4. The summed E-state index contributed by atoms with van der Waals surface area (Å²) in [6.07, 6.45) is 3.41. The molecule has 2 aromatic carbocycles. The van der Waals surface area contributed by atoms with Crippen molar-refractivity contribution < 1.29 is 9.21 Å². The Morgan fingerprint density at radius 1 is 1.08 bits per heavy atom. The number of hydrogen-bond donors (Lipinski definition) is 2. The van der Waals surface area contributed by atoms with Gasteiger partial charge in [0, 0.05) is 29.0 Å². The Morgan fingerprint density at radius 3 is 2.64 bits per heavy atom. The van der Waals surface area contributed by atoms with E-state index >= 15 is 0 Å². The second-order valence-electron chi connectivity index (χ2n) is 5.45. The third-order valence-electron chi connectivity index (χ3n) is 3.80. The zero-order chi connectivity index (χ0) is 17.2. The number of imidazole rings is 1. The van der Waals surface area contributed by atoms with Crippen molar-refractivity contribution in [2.45, 2.75) is 0 Å². The molecule has 0 saturated carbocycles. The molecule has 0 aliphatic rings. The van der Waals surface area contributed by atoms with Crippen LogP contribution in [0.25, 0.3) is 22.4 Å². The Bertz CT molecular complexity index is 1100. The molecule has 6 heteroatoms. The number of rotatable bonds is 3. The van der Waals surface area contributed by atoms with Gasteiger partial charge in [0.25, 0.3) is 5.91 Å². The van der Waals surface area contributed by atoms with Gasteiger partial charge in [0.2, 0.25) is 0 Å². The number of fused-ring (bicyclic) bond motifs is 1. The van der Waals surface area contributed by atoms with Gasteiger partial charge in [-0.05, 0) is 36.4 Å². The number of aromatic amines is 1. The van der Waals surface area contributed by atoms with Crippen molar-refractivity contribution >= 4 is 22.6 Å². The van der Waals surface area contributed by atoms with Crippen LogP contribution in [0.5, 0.6) is 0 Å². The zero-order valence-corrected chi connectivity index (χ0v) is 13.0. The molecule has 0 atom stereocenters. The highest BCUT2D eigenvalue weighted by Gasteiger charge is 2.14. The van der Waals surface area contributed by atoms with Crippen LogP contribution in [0.2, 0.25) is 0 Å². The van der Waals surface area contributed by atoms with Crippen LogP contribution < -0.4 is 10.9 Å². The summed E-state index contributed by atoms with van der Waals surface area (Å²) in [5.74, 6) is 0.235. The highest BCUT2D eigenvalue weighted by molar-refractivity contribution is 6.05. The van der Waals surface area contributed by atoms with Crippen molar-refractivity contribution in [1.29, 1.82) is 0 Å². The molecule has 0 radical (unpaired) electrons. The van der Waals surface area contributed by atoms with Gasteiger partial charge in [-0.25, -0.2) is 9.78 Å². The van der Waals surface area contributed by atoms with Gasteiger partial charge in [-0.1, -0.05) is 18.2 Å². The van der Waals surface area contributed by atoms with E-state index in [1.165, 1.54) is 6.07 Å². The Morgan fingerprint density at radius 2 is 1.88 bits per heavy atom. The lowest BCUT2D eigenvalue weighted by molar-refractivity contribution is 0.102. The Labute approximate surface area is 142 Å². The van der Waals surface area contributed by atoms with Gasteiger partial charge in [0.15, 0.2) is 0 Å². The quantitative estimate of drug-likeness (QED) is 0.563. The van der Waals surface area contributed by atoms with Crippen molar-refractivity contribution in [2.75, 3.05) is 5.32 Å². The number of nitrogens with one attached hydrogen (secondary N) is 2. The van der Waals surface area contributed by atoms with Crippen LogP contribution in [0.1, 0.15) is 10.4 Å². The third kappa shape index (κ3) is 2.92. The Kier molecular flexibility index (Phi) is 3.63. The van der Waals surface area contributed by atoms with E-state index in [2.05, 4.69) is 15.3 Å². The van der Waals surface area contributed by atoms with Crippen molar-refractivity contribution in [3.8, 4) is 11.4 Å². The second kappa shape index (κ2) is 6.09. The molecule has 6 nitrogen and oxygen atoms in total. The highest BCUT2D eigenvalue weighted by Crippen LogP contribution is 2.18. The Hall–Kier alpha value is -3.67. The van der Waals surface area contributed by atoms with Gasteiger partial charge in [0.05, 0.1) is 0 Å². The molecular formula is C19H13N3O3. The minimum Gasteiger partial charge on any atom is -0.422 e. The fourth-order valence-electron chi connectivity index (χ4n) is 2.55. The van der Waals surface area contributed by atoms with E-state index in [9.17, 15) is 9.59 Å². The minimum atomic E-state index is -0.664. The predicted molar refractivity (Wildman–Crippen MR) is 94.5 cm³/mol. The summed E-state index contributed by atoms with van der Waals surface area (Å²) in [6.45, 7) is 0. The van der Waals surface area contributed by atoms with E-state index in [1.807, 2.05) is 18.2 Å². The summed E-state index contributed by atoms with van der Waals surface area (Å²) in [5, 5.41) is 3.40. The van der Waals surface area contributed by atoms with Crippen LogP contribution in [0, 0.1) is 0 Å². The molecule has 0 spiro atoms. The first kappa shape index (κ1) is 14.9. The van der Waals surface area contributed by atoms with Crippen LogP contribution in [0.4, 0.5) is 5.69 Å². The lowest BCUT2D eigenvalue weighted by Crippen LogP contribution is -2.20. The molecule has 2 N–H and O–H groups in total. The zero-order valence-electron chi connectivity index (χ0n) is 13.0. The molecule has 0 saturated heterocycles. The van der Waals surface area contributed by atoms with Crippen molar-refractivity contribution in [3.05, 3.63) is 83.0 Å². The third-order valence-corrected chi connectivity index (χ3v) is 3.80. The standard InChI is InChI=1S/C19H13N3O3/c23-18(15-11-13-3-1-2-4-16(13)25-19(15)24)22-14-7-5-12(6-8-14)17-20-9-10-21-17/h1-11H,(H,20,21)(H,22,23). The first-order chi connectivity index (χ1) is 12.2. The van der Waals surface area contributed by atoms with Crippen LogP contribution >= 0.6 is 0 Å². The fourth-order valence-corrected chi connectivity index (χ4v) is 2.55. The summed E-state index contributed by atoms with van der Waals surface area (Å²) < 4.78 is 5.19. The number of nitrogens with zero attached hydrogens (tertiary/aromatic N) is 1. The van der Waals surface area contributed by atoms with Gasteiger partial charge in [-0.3, -0.25) is 4.79 Å². The van der Waals surface area contributed by atoms with E-state index in [0.717, 1.165) is 11.4 Å². The monoisotopic (exact) mass is 331 g/mol. The lowest BCUT2D eigenvalue weighted by atomic mass is 10.1. The summed E-state index contributed by atoms with van der Waals surface area (Å²) in [4.78, 5) is 31.6. The predicted octanol–water partition coefficient (Wildman–Crippen LogP) is 3.44. The van der Waals surface area contributed by atoms with Gasteiger partial charge in [-0.15, -0.1) is 0 Å². The number of aromatic nitrogens is 2. The number of carbonyl (C=O) groups is 1. The maximum Gasteiger partial charge on any atom is 0.349 e. The van der Waals surface area contributed by atoms with E-state index in [0.29, 0.717) is 16.7 Å². The maximum atomic E-state index is 12.4. The summed E-state index contributed by atoms with van der Waals surface area (Å²) >= 11 is 0. The summed E-state index contributed by atoms with van der Waals surface area (Å²) in [7, 11) is 0. The average Bonchev–Trinajstić information content (AvgIpc) is 3.16. The molecule has 0 aliphatic carbocycles. The van der Waals surface area contributed by atoms with Crippen LogP contribution in [0.15, 0.2) is 76.2 Å². The number of para-hydroxylation sites is 1. The molecule has 0 fully saturated rings. The molecule has 0 aliphatic heterocycles. The van der Waals surface area contributed by atoms with E-state index < -0.39 is 11.5 Å². The number of amides is 1. The van der Waals surface area contributed by atoms with Crippen LogP contribution in [-0.4, -0.2) is 15.9 Å². The second-order valence-corrected chi connectivity index (χ2v) is 5.45. The average molecular weight is 331 g/mol. The van der Waals surface area contributed by atoms with Crippen molar-refractivity contribution in [1.82, 2.24) is 9.97 Å². The molecule has 25 heavy (non-hydrogen) atoms. The topological polar surface area (TPSA) is 88.0 Å². The lowest BCUT2D eigenvalue weighted by Gasteiger charge is -2.06. The molecule has 1 amide bonds. The van der Waals surface area contributed by atoms with E-state index in [4.69, 9.17) is 4.42 Å². The molecule has 0 unspecified atom stereocenters. The molecule has 2 heterocycles. The largest absolute Gasteiger partial charge is 0.422 e. The first-order valence-electron chi connectivity index (χ1n) is 7.65. The van der Waals surface area contributed by atoms with Crippen LogP contribution in [0.3, 0.4) is 0 Å². The number of anilines is 1. The first-order valence-corrected chi connectivity index (χ1v) is 7.65. The minimum absolute atomic E-state index is 0.0335. The molecular weight excluding hydrogens is 318 g/mol. The SMILES string of the molecule is O=C(Nc1ccc(-c2ncc[nH]2)cc1)c1cc2ccccc2oc1=O. The number of H-pyrrole nitrogens is 1.